The Kier molecular flexibility index (Phi) is 4.92. The minimum atomic E-state index is -4.66. The largest absolute Gasteiger partial charge is 0.480 e. The SMILES string of the molecule is O=C(Nc1ccccc1C(F)(F)F)N[C@H](CO)C(=O)O. The highest BCUT2D eigenvalue weighted by atomic mass is 19.4. The third-order valence-corrected chi connectivity index (χ3v) is 2.27. The molecule has 6 nitrogen and oxygen atoms in total. The van der Waals surface area contributed by atoms with Crippen molar-refractivity contribution in [2.24, 2.45) is 0 Å². The molecule has 0 aliphatic rings. The molecule has 0 heterocycles. The first-order valence-corrected chi connectivity index (χ1v) is 5.33. The lowest BCUT2D eigenvalue weighted by Gasteiger charge is -2.16. The van der Waals surface area contributed by atoms with Gasteiger partial charge in [-0.15, -0.1) is 0 Å². The van der Waals surface area contributed by atoms with Gasteiger partial charge >= 0.3 is 18.2 Å². The number of benzene rings is 1. The lowest BCUT2D eigenvalue weighted by atomic mass is 10.1. The lowest BCUT2D eigenvalue weighted by Crippen LogP contribution is -2.45. The zero-order valence-electron chi connectivity index (χ0n) is 9.94. The number of aliphatic hydroxyl groups is 1. The normalized spacial score (nSPS) is 12.6. The lowest BCUT2D eigenvalue weighted by molar-refractivity contribution is -0.140. The van der Waals surface area contributed by atoms with Crippen LogP contribution in [0, 0.1) is 0 Å². The summed E-state index contributed by atoms with van der Waals surface area (Å²) in [6, 6.07) is 1.47. The smallest absolute Gasteiger partial charge is 0.418 e. The fraction of sp³-hybridized carbons (Fsp3) is 0.273. The van der Waals surface area contributed by atoms with Crippen LogP contribution < -0.4 is 10.6 Å². The number of carbonyl (C=O) groups is 2. The first-order chi connectivity index (χ1) is 9.25. The molecule has 1 atom stereocenters. The number of rotatable bonds is 4. The van der Waals surface area contributed by atoms with Crippen LogP contribution in [0.5, 0.6) is 0 Å². The van der Waals surface area contributed by atoms with Crippen LogP contribution in [0.15, 0.2) is 24.3 Å². The molecule has 0 fully saturated rings. The molecule has 4 N–H and O–H groups in total. The van der Waals surface area contributed by atoms with Crippen LogP contribution >= 0.6 is 0 Å². The Bertz CT molecular complexity index is 505. The summed E-state index contributed by atoms with van der Waals surface area (Å²) in [5.74, 6) is -1.51. The van der Waals surface area contributed by atoms with Gasteiger partial charge in [-0.2, -0.15) is 13.2 Å². The summed E-state index contributed by atoms with van der Waals surface area (Å²) in [6.07, 6.45) is -4.66. The van der Waals surface area contributed by atoms with Gasteiger partial charge in [-0.1, -0.05) is 12.1 Å². The molecule has 110 valence electrons. The molecule has 1 aromatic carbocycles. The van der Waals surface area contributed by atoms with Gasteiger partial charge < -0.3 is 20.8 Å². The minimum absolute atomic E-state index is 0.514. The van der Waals surface area contributed by atoms with Gasteiger partial charge in [0.2, 0.25) is 0 Å². The fourth-order valence-corrected chi connectivity index (χ4v) is 1.34. The molecule has 0 aliphatic heterocycles. The molecule has 0 saturated carbocycles. The second kappa shape index (κ2) is 6.24. The molecule has 1 rings (SSSR count). The molecule has 2 amide bonds. The van der Waals surface area contributed by atoms with Gasteiger partial charge in [0, 0.05) is 0 Å². The van der Waals surface area contributed by atoms with Gasteiger partial charge in [0.15, 0.2) is 6.04 Å². The molecule has 0 aromatic heterocycles. The molecule has 0 bridgehead atoms. The molecule has 0 radical (unpaired) electrons. The van der Waals surface area contributed by atoms with Crippen molar-refractivity contribution >= 4 is 17.7 Å². The molecular formula is C11H11F3N2O4. The summed E-state index contributed by atoms with van der Waals surface area (Å²) in [6.45, 7) is -0.885. The fourth-order valence-electron chi connectivity index (χ4n) is 1.34. The summed E-state index contributed by atoms with van der Waals surface area (Å²) in [4.78, 5) is 22.0. The number of para-hydroxylation sites is 1. The third kappa shape index (κ3) is 4.12. The molecule has 0 aliphatic carbocycles. The summed E-state index contributed by atoms with van der Waals surface area (Å²) < 4.78 is 37.9. The number of carboxylic acid groups (broad SMARTS) is 1. The zero-order valence-corrected chi connectivity index (χ0v) is 9.94. The number of aliphatic carboxylic acids is 1. The van der Waals surface area contributed by atoms with Crippen molar-refractivity contribution in [2.45, 2.75) is 12.2 Å². The van der Waals surface area contributed by atoms with E-state index in [0.29, 0.717) is 0 Å². The minimum Gasteiger partial charge on any atom is -0.480 e. The maximum atomic E-state index is 12.6. The van der Waals surface area contributed by atoms with Crippen molar-refractivity contribution in [1.82, 2.24) is 5.32 Å². The van der Waals surface area contributed by atoms with E-state index in [1.165, 1.54) is 6.07 Å². The van der Waals surface area contributed by atoms with Crippen LogP contribution in [0.1, 0.15) is 5.56 Å². The van der Waals surface area contributed by atoms with Crippen LogP contribution in [0.4, 0.5) is 23.7 Å². The molecule has 20 heavy (non-hydrogen) atoms. The van der Waals surface area contributed by atoms with Crippen LogP contribution in [-0.4, -0.2) is 34.9 Å². The Balaban J connectivity index is 2.84. The van der Waals surface area contributed by atoms with Crippen molar-refractivity contribution in [1.29, 1.82) is 0 Å². The Morgan fingerprint density at radius 3 is 2.35 bits per heavy atom. The number of hydrogen-bond acceptors (Lipinski definition) is 3. The topological polar surface area (TPSA) is 98.7 Å². The first kappa shape index (κ1) is 15.8. The summed E-state index contributed by atoms with van der Waals surface area (Å²) >= 11 is 0. The van der Waals surface area contributed by atoms with Gasteiger partial charge in [-0.25, -0.2) is 9.59 Å². The van der Waals surface area contributed by atoms with Crippen molar-refractivity contribution in [2.75, 3.05) is 11.9 Å². The monoisotopic (exact) mass is 292 g/mol. The van der Waals surface area contributed by atoms with E-state index in [1.54, 1.807) is 0 Å². The van der Waals surface area contributed by atoms with Crippen LogP contribution in [0.2, 0.25) is 0 Å². The second-order valence-corrected chi connectivity index (χ2v) is 3.72. The average Bonchev–Trinajstić information content (AvgIpc) is 2.35. The molecular weight excluding hydrogens is 281 g/mol. The van der Waals surface area contributed by atoms with Gasteiger partial charge in [0.25, 0.3) is 0 Å². The molecule has 0 unspecified atom stereocenters. The molecule has 1 aromatic rings. The second-order valence-electron chi connectivity index (χ2n) is 3.72. The van der Waals surface area contributed by atoms with E-state index in [0.717, 1.165) is 18.2 Å². The first-order valence-electron chi connectivity index (χ1n) is 5.33. The van der Waals surface area contributed by atoms with Gasteiger partial charge in [-0.05, 0) is 12.1 Å². The standard InChI is InChI=1S/C11H11F3N2O4/c12-11(13,14)6-3-1-2-4-7(6)15-10(20)16-8(5-17)9(18)19/h1-4,8,17H,5H2,(H,18,19)(H2,15,16,20)/t8-/m1/s1. The number of halogens is 3. The molecule has 0 saturated heterocycles. The molecule has 0 spiro atoms. The molecule has 9 heteroatoms. The zero-order chi connectivity index (χ0) is 15.3. The van der Waals surface area contributed by atoms with Crippen molar-refractivity contribution in [3.63, 3.8) is 0 Å². The summed E-state index contributed by atoms with van der Waals surface area (Å²) in [5, 5.41) is 21.0. The predicted molar refractivity (Wildman–Crippen MR) is 62.1 cm³/mol. The van der Waals surface area contributed by atoms with Gasteiger partial charge in [0.1, 0.15) is 0 Å². The van der Waals surface area contributed by atoms with Crippen molar-refractivity contribution < 1.29 is 33.0 Å². The highest BCUT2D eigenvalue weighted by Crippen LogP contribution is 2.34. The third-order valence-electron chi connectivity index (χ3n) is 2.27. The number of amides is 2. The number of urea groups is 1. The highest BCUT2D eigenvalue weighted by Gasteiger charge is 2.33. The van der Waals surface area contributed by atoms with Crippen molar-refractivity contribution in [3.05, 3.63) is 29.8 Å². The Labute approximate surface area is 111 Å². The van der Waals surface area contributed by atoms with Crippen LogP contribution in [0.3, 0.4) is 0 Å². The van der Waals surface area contributed by atoms with E-state index in [4.69, 9.17) is 10.2 Å². The van der Waals surface area contributed by atoms with E-state index in [1.807, 2.05) is 10.6 Å². The van der Waals surface area contributed by atoms with E-state index in [-0.39, 0.29) is 0 Å². The average molecular weight is 292 g/mol. The number of carboxylic acids is 1. The highest BCUT2D eigenvalue weighted by molar-refractivity contribution is 5.93. The Hall–Kier alpha value is -2.29. The van der Waals surface area contributed by atoms with E-state index < -0.39 is 42.1 Å². The number of hydrogen-bond donors (Lipinski definition) is 4. The number of carbonyl (C=O) groups excluding carboxylic acids is 1. The number of alkyl halides is 3. The maximum absolute atomic E-state index is 12.6. The Morgan fingerprint density at radius 1 is 1.25 bits per heavy atom. The van der Waals surface area contributed by atoms with E-state index in [9.17, 15) is 22.8 Å². The maximum Gasteiger partial charge on any atom is 0.418 e. The quantitative estimate of drug-likeness (QED) is 0.671. The van der Waals surface area contributed by atoms with E-state index in [2.05, 4.69) is 0 Å². The van der Waals surface area contributed by atoms with Crippen LogP contribution in [0.25, 0.3) is 0 Å². The number of anilines is 1. The number of aliphatic hydroxyl groups excluding tert-OH is 1. The predicted octanol–water partition coefficient (Wildman–Crippen LogP) is 1.27. The summed E-state index contributed by atoms with van der Waals surface area (Å²) in [5.41, 5.74) is -1.58. The van der Waals surface area contributed by atoms with Crippen LogP contribution in [-0.2, 0) is 11.0 Å². The van der Waals surface area contributed by atoms with Gasteiger partial charge in [-0.3, -0.25) is 0 Å². The summed E-state index contributed by atoms with van der Waals surface area (Å²) in [7, 11) is 0. The number of nitrogens with one attached hydrogen (secondary N) is 2. The van der Waals surface area contributed by atoms with E-state index >= 15 is 0 Å². The Morgan fingerprint density at radius 2 is 1.85 bits per heavy atom. The van der Waals surface area contributed by atoms with Crippen molar-refractivity contribution in [3.8, 4) is 0 Å². The van der Waals surface area contributed by atoms with Gasteiger partial charge in [0.05, 0.1) is 17.9 Å².